The van der Waals surface area contributed by atoms with Gasteiger partial charge in [0.1, 0.15) is 5.82 Å². The number of carbonyl (C=O) groups is 1. The molecule has 4 rings (SSSR count). The number of hydrogen-bond acceptors (Lipinski definition) is 2. The maximum atomic E-state index is 12.7. The van der Waals surface area contributed by atoms with Crippen LogP contribution in [-0.2, 0) is 17.9 Å². The summed E-state index contributed by atoms with van der Waals surface area (Å²) in [5, 5.41) is 4.89. The van der Waals surface area contributed by atoms with Crippen molar-refractivity contribution in [2.45, 2.75) is 47.2 Å². The van der Waals surface area contributed by atoms with E-state index in [9.17, 15) is 4.79 Å². The molecule has 27 heavy (non-hydrogen) atoms. The van der Waals surface area contributed by atoms with Crippen LogP contribution in [0.3, 0.4) is 0 Å². The third-order valence-corrected chi connectivity index (χ3v) is 4.86. The molecule has 2 aromatic heterocycles. The van der Waals surface area contributed by atoms with E-state index in [4.69, 9.17) is 5.10 Å². The fourth-order valence-corrected chi connectivity index (χ4v) is 3.62. The average Bonchev–Trinajstić information content (AvgIpc) is 3.28. The van der Waals surface area contributed by atoms with Crippen molar-refractivity contribution in [1.82, 2.24) is 19.2 Å². The summed E-state index contributed by atoms with van der Waals surface area (Å²) in [6, 6.07) is 12.4. The molecule has 3 aromatic rings. The van der Waals surface area contributed by atoms with Gasteiger partial charge in [0.2, 0.25) is 5.91 Å². The number of aryl methyl sites for hydroxylation is 1. The van der Waals surface area contributed by atoms with Gasteiger partial charge in [-0.25, -0.2) is 4.68 Å². The Morgan fingerprint density at radius 1 is 1.11 bits per heavy atom. The first kappa shape index (κ1) is 17.6. The summed E-state index contributed by atoms with van der Waals surface area (Å²) in [7, 11) is 0. The molecule has 3 heterocycles. The minimum absolute atomic E-state index is 0.0121. The van der Waals surface area contributed by atoms with Crippen LogP contribution in [0.15, 0.2) is 48.8 Å². The van der Waals surface area contributed by atoms with Crippen LogP contribution in [-0.4, -0.2) is 25.2 Å². The third kappa shape index (κ3) is 3.42. The number of amides is 1. The third-order valence-electron chi connectivity index (χ3n) is 4.86. The van der Waals surface area contributed by atoms with E-state index >= 15 is 0 Å². The number of nitrogens with zero attached hydrogens (tertiary/aromatic N) is 4. The smallest absolute Gasteiger partial charge is 0.223 e. The largest absolute Gasteiger partial charge is 0.332 e. The van der Waals surface area contributed by atoms with E-state index < -0.39 is 0 Å². The quantitative estimate of drug-likeness (QED) is 0.699. The van der Waals surface area contributed by atoms with Crippen molar-refractivity contribution in [2.75, 3.05) is 0 Å². The van der Waals surface area contributed by atoms with Gasteiger partial charge in [-0.05, 0) is 42.2 Å². The van der Waals surface area contributed by atoms with Crippen LogP contribution in [0.5, 0.6) is 0 Å². The second kappa shape index (κ2) is 6.41. The van der Waals surface area contributed by atoms with Crippen molar-refractivity contribution in [3.63, 3.8) is 0 Å². The number of hydrogen-bond donors (Lipinski definition) is 0. The zero-order chi connectivity index (χ0) is 19.2. The molecule has 0 N–H and O–H groups in total. The van der Waals surface area contributed by atoms with E-state index in [0.717, 1.165) is 22.8 Å². The number of carbonyl (C=O) groups excluding carboxylic acids is 1. The van der Waals surface area contributed by atoms with Crippen LogP contribution in [0.1, 0.15) is 44.0 Å². The molecule has 0 spiro atoms. The molecule has 1 aliphatic heterocycles. The fraction of sp³-hybridized carbons (Fsp3) is 0.364. The monoisotopic (exact) mass is 362 g/mol. The standard InChI is InChI=1S/C22H26N4O/c1-16-8-7-9-17(12-16)26-21(24-10-5-6-11-24)18-14-25(15-19(18)23-26)20(27)13-22(2,3)4/h5-12H,13-15H2,1-4H3. The van der Waals surface area contributed by atoms with Crippen molar-refractivity contribution in [1.29, 1.82) is 0 Å². The maximum Gasteiger partial charge on any atom is 0.223 e. The summed E-state index contributed by atoms with van der Waals surface area (Å²) in [5.41, 5.74) is 4.35. The summed E-state index contributed by atoms with van der Waals surface area (Å²) in [4.78, 5) is 14.6. The highest BCUT2D eigenvalue weighted by Gasteiger charge is 2.32. The van der Waals surface area contributed by atoms with Crippen LogP contribution in [0.25, 0.3) is 11.5 Å². The van der Waals surface area contributed by atoms with Gasteiger partial charge in [-0.2, -0.15) is 5.10 Å². The molecule has 1 aromatic carbocycles. The Bertz CT molecular complexity index is 976. The Kier molecular flexibility index (Phi) is 4.17. The molecule has 0 aliphatic carbocycles. The van der Waals surface area contributed by atoms with Crippen LogP contribution in [0.2, 0.25) is 0 Å². The minimum Gasteiger partial charge on any atom is -0.332 e. The summed E-state index contributed by atoms with van der Waals surface area (Å²) >= 11 is 0. The first-order valence-electron chi connectivity index (χ1n) is 9.41. The molecule has 5 heteroatoms. The van der Waals surface area contributed by atoms with Gasteiger partial charge in [-0.1, -0.05) is 32.9 Å². The number of fused-ring (bicyclic) bond motifs is 1. The zero-order valence-corrected chi connectivity index (χ0v) is 16.4. The molecule has 0 saturated heterocycles. The second-order valence-electron chi connectivity index (χ2n) is 8.58. The Labute approximate surface area is 160 Å². The molecular formula is C22H26N4O. The van der Waals surface area contributed by atoms with Crippen molar-refractivity contribution >= 4 is 5.91 Å². The van der Waals surface area contributed by atoms with E-state index in [1.54, 1.807) is 0 Å². The topological polar surface area (TPSA) is 43.1 Å². The molecule has 1 aliphatic rings. The van der Waals surface area contributed by atoms with Gasteiger partial charge in [-0.15, -0.1) is 0 Å². The van der Waals surface area contributed by atoms with Gasteiger partial charge in [0.15, 0.2) is 0 Å². The zero-order valence-electron chi connectivity index (χ0n) is 16.4. The highest BCUT2D eigenvalue weighted by atomic mass is 16.2. The lowest BCUT2D eigenvalue weighted by Crippen LogP contribution is -2.29. The number of rotatable bonds is 3. The molecule has 0 bridgehead atoms. The van der Waals surface area contributed by atoms with Crippen LogP contribution in [0, 0.1) is 12.3 Å². The van der Waals surface area contributed by atoms with Gasteiger partial charge in [0, 0.05) is 24.4 Å². The van der Waals surface area contributed by atoms with E-state index in [0.29, 0.717) is 19.5 Å². The predicted octanol–water partition coefficient (Wildman–Crippen LogP) is 4.25. The van der Waals surface area contributed by atoms with Crippen LogP contribution in [0.4, 0.5) is 0 Å². The molecule has 0 unspecified atom stereocenters. The van der Waals surface area contributed by atoms with E-state index in [-0.39, 0.29) is 11.3 Å². The number of benzene rings is 1. The molecule has 5 nitrogen and oxygen atoms in total. The Balaban J connectivity index is 1.73. The van der Waals surface area contributed by atoms with Gasteiger partial charge in [-0.3, -0.25) is 4.79 Å². The maximum absolute atomic E-state index is 12.7. The Morgan fingerprint density at radius 3 is 2.52 bits per heavy atom. The Hall–Kier alpha value is -2.82. The molecule has 0 fully saturated rings. The lowest BCUT2D eigenvalue weighted by molar-refractivity contribution is -0.133. The van der Waals surface area contributed by atoms with Crippen molar-refractivity contribution in [3.05, 3.63) is 65.6 Å². The number of aromatic nitrogens is 3. The second-order valence-corrected chi connectivity index (χ2v) is 8.58. The first-order valence-corrected chi connectivity index (χ1v) is 9.41. The lowest BCUT2D eigenvalue weighted by Gasteiger charge is -2.23. The van der Waals surface area contributed by atoms with E-state index in [2.05, 4.69) is 56.5 Å². The van der Waals surface area contributed by atoms with Crippen molar-refractivity contribution in [2.24, 2.45) is 5.41 Å². The highest BCUT2D eigenvalue weighted by Crippen LogP contribution is 2.32. The van der Waals surface area contributed by atoms with Crippen LogP contribution >= 0.6 is 0 Å². The van der Waals surface area contributed by atoms with Gasteiger partial charge >= 0.3 is 0 Å². The summed E-state index contributed by atoms with van der Waals surface area (Å²) in [6.07, 6.45) is 4.61. The van der Waals surface area contributed by atoms with Gasteiger partial charge in [0.05, 0.1) is 24.5 Å². The van der Waals surface area contributed by atoms with Gasteiger partial charge in [0.25, 0.3) is 0 Å². The SMILES string of the molecule is Cc1cccc(-n2nc3c(c2-n2cccc2)CN(C(=O)CC(C)(C)C)C3)c1. The first-order chi connectivity index (χ1) is 12.8. The Morgan fingerprint density at radius 2 is 1.85 bits per heavy atom. The van der Waals surface area contributed by atoms with E-state index in [1.807, 2.05) is 34.1 Å². The molecular weight excluding hydrogens is 336 g/mol. The molecule has 1 amide bonds. The van der Waals surface area contributed by atoms with Crippen molar-refractivity contribution < 1.29 is 4.79 Å². The van der Waals surface area contributed by atoms with E-state index in [1.165, 1.54) is 5.56 Å². The lowest BCUT2D eigenvalue weighted by atomic mass is 9.92. The van der Waals surface area contributed by atoms with Crippen molar-refractivity contribution in [3.8, 4) is 11.5 Å². The average molecular weight is 362 g/mol. The molecule has 0 radical (unpaired) electrons. The molecule has 140 valence electrons. The normalized spacial score (nSPS) is 13.9. The summed E-state index contributed by atoms with van der Waals surface area (Å²) in [6.45, 7) is 9.58. The highest BCUT2D eigenvalue weighted by molar-refractivity contribution is 5.77. The predicted molar refractivity (Wildman–Crippen MR) is 106 cm³/mol. The van der Waals surface area contributed by atoms with Gasteiger partial charge < -0.3 is 9.47 Å². The molecule has 0 saturated carbocycles. The summed E-state index contributed by atoms with van der Waals surface area (Å²) in [5.74, 6) is 1.22. The minimum atomic E-state index is -0.0121. The van der Waals surface area contributed by atoms with Crippen LogP contribution < -0.4 is 0 Å². The fourth-order valence-electron chi connectivity index (χ4n) is 3.62. The molecule has 0 atom stereocenters. The summed E-state index contributed by atoms with van der Waals surface area (Å²) < 4.78 is 4.09.